The zero-order valence-corrected chi connectivity index (χ0v) is 12.5. The molecular formula is C15H26N2O. The van der Waals surface area contributed by atoms with Gasteiger partial charge in [0.05, 0.1) is 7.11 Å². The van der Waals surface area contributed by atoms with E-state index in [-0.39, 0.29) is 5.41 Å². The van der Waals surface area contributed by atoms with Crippen LogP contribution in [0, 0.1) is 19.3 Å². The predicted molar refractivity (Wildman–Crippen MR) is 78.6 cm³/mol. The second kappa shape index (κ2) is 5.61. The van der Waals surface area contributed by atoms with Crippen molar-refractivity contribution in [2.75, 3.05) is 32.1 Å². The molecule has 0 spiro atoms. The molecule has 1 aromatic carbocycles. The summed E-state index contributed by atoms with van der Waals surface area (Å²) in [5.74, 6) is 0.977. The molecule has 0 aromatic heterocycles. The fraction of sp³-hybridized carbons (Fsp3) is 0.600. The van der Waals surface area contributed by atoms with Gasteiger partial charge in [-0.25, -0.2) is 0 Å². The van der Waals surface area contributed by atoms with E-state index in [9.17, 15) is 0 Å². The van der Waals surface area contributed by atoms with E-state index < -0.39 is 0 Å². The van der Waals surface area contributed by atoms with Crippen LogP contribution in [0.25, 0.3) is 0 Å². The maximum Gasteiger partial charge on any atom is 0.124 e. The zero-order chi connectivity index (χ0) is 13.9. The van der Waals surface area contributed by atoms with Crippen LogP contribution in [0.2, 0.25) is 0 Å². The maximum atomic E-state index is 5.79. The Hall–Kier alpha value is -1.22. The van der Waals surface area contributed by atoms with Gasteiger partial charge in [-0.2, -0.15) is 0 Å². The van der Waals surface area contributed by atoms with E-state index >= 15 is 0 Å². The van der Waals surface area contributed by atoms with Gasteiger partial charge in [0.25, 0.3) is 0 Å². The molecule has 0 radical (unpaired) electrons. The summed E-state index contributed by atoms with van der Waals surface area (Å²) >= 11 is 0. The molecule has 0 aliphatic carbocycles. The number of hydrogen-bond acceptors (Lipinski definition) is 3. The second-order valence-corrected chi connectivity index (χ2v) is 5.84. The largest absolute Gasteiger partial charge is 0.496 e. The number of benzene rings is 1. The number of anilines is 1. The van der Waals surface area contributed by atoms with Crippen molar-refractivity contribution >= 4 is 5.69 Å². The fourth-order valence-electron chi connectivity index (χ4n) is 2.27. The highest BCUT2D eigenvalue weighted by Crippen LogP contribution is 2.29. The van der Waals surface area contributed by atoms with Crippen molar-refractivity contribution in [3.63, 3.8) is 0 Å². The SMILES string of the molecule is COc1c(C)cc(N(C)CC(C)(C)CN)cc1C. The molecule has 2 N–H and O–H groups in total. The number of methoxy groups -OCH3 is 1. The second-order valence-electron chi connectivity index (χ2n) is 5.84. The minimum Gasteiger partial charge on any atom is -0.496 e. The van der Waals surface area contributed by atoms with Crippen molar-refractivity contribution in [1.29, 1.82) is 0 Å². The molecule has 0 atom stereocenters. The third-order valence-corrected chi connectivity index (χ3v) is 3.31. The van der Waals surface area contributed by atoms with Gasteiger partial charge in [-0.1, -0.05) is 13.8 Å². The molecule has 0 aliphatic heterocycles. The molecule has 102 valence electrons. The normalized spacial score (nSPS) is 11.5. The minimum absolute atomic E-state index is 0.122. The Kier molecular flexibility index (Phi) is 4.63. The van der Waals surface area contributed by atoms with Gasteiger partial charge in [0.15, 0.2) is 0 Å². The van der Waals surface area contributed by atoms with Crippen molar-refractivity contribution in [2.45, 2.75) is 27.7 Å². The summed E-state index contributed by atoms with van der Waals surface area (Å²) in [7, 11) is 3.83. The lowest BCUT2D eigenvalue weighted by atomic mass is 9.93. The van der Waals surface area contributed by atoms with Crippen LogP contribution in [0.15, 0.2) is 12.1 Å². The number of ether oxygens (including phenoxy) is 1. The van der Waals surface area contributed by atoms with Gasteiger partial charge in [0, 0.05) is 19.3 Å². The van der Waals surface area contributed by atoms with Crippen LogP contribution in [-0.4, -0.2) is 27.2 Å². The van der Waals surface area contributed by atoms with Crippen LogP contribution < -0.4 is 15.4 Å². The van der Waals surface area contributed by atoms with Gasteiger partial charge in [0.2, 0.25) is 0 Å². The summed E-state index contributed by atoms with van der Waals surface area (Å²) in [6, 6.07) is 4.33. The monoisotopic (exact) mass is 250 g/mol. The first-order chi connectivity index (χ1) is 8.30. The zero-order valence-electron chi connectivity index (χ0n) is 12.5. The van der Waals surface area contributed by atoms with Gasteiger partial charge >= 0.3 is 0 Å². The highest BCUT2D eigenvalue weighted by molar-refractivity contribution is 5.56. The Morgan fingerprint density at radius 3 is 2.11 bits per heavy atom. The van der Waals surface area contributed by atoms with Crippen LogP contribution in [0.1, 0.15) is 25.0 Å². The summed E-state index contributed by atoms with van der Waals surface area (Å²) in [6.45, 7) is 10.2. The molecule has 3 heteroatoms. The van der Waals surface area contributed by atoms with Crippen LogP contribution >= 0.6 is 0 Å². The quantitative estimate of drug-likeness (QED) is 0.873. The topological polar surface area (TPSA) is 38.5 Å². The number of hydrogen-bond donors (Lipinski definition) is 1. The molecule has 0 heterocycles. The Morgan fingerprint density at radius 1 is 1.22 bits per heavy atom. The molecule has 1 aromatic rings. The first-order valence-electron chi connectivity index (χ1n) is 6.37. The molecule has 0 saturated heterocycles. The van der Waals surface area contributed by atoms with E-state index in [1.165, 1.54) is 16.8 Å². The van der Waals surface area contributed by atoms with Crippen molar-refractivity contribution in [3.05, 3.63) is 23.3 Å². The molecule has 0 fully saturated rings. The summed E-state index contributed by atoms with van der Waals surface area (Å²) < 4.78 is 5.39. The van der Waals surface area contributed by atoms with E-state index in [2.05, 4.69) is 51.8 Å². The van der Waals surface area contributed by atoms with E-state index in [1.807, 2.05) is 0 Å². The van der Waals surface area contributed by atoms with Gasteiger partial charge < -0.3 is 15.4 Å². The Labute approximate surface area is 111 Å². The van der Waals surface area contributed by atoms with Gasteiger partial charge in [-0.3, -0.25) is 0 Å². The van der Waals surface area contributed by atoms with Gasteiger partial charge in [-0.05, 0) is 49.1 Å². The molecule has 0 amide bonds. The molecule has 18 heavy (non-hydrogen) atoms. The highest BCUT2D eigenvalue weighted by atomic mass is 16.5. The molecule has 0 saturated carbocycles. The lowest BCUT2D eigenvalue weighted by Crippen LogP contribution is -2.36. The molecule has 0 aliphatic rings. The average molecular weight is 250 g/mol. The smallest absolute Gasteiger partial charge is 0.124 e. The number of rotatable bonds is 5. The van der Waals surface area contributed by atoms with Crippen LogP contribution in [0.5, 0.6) is 5.75 Å². The van der Waals surface area contributed by atoms with E-state index in [1.54, 1.807) is 7.11 Å². The lowest BCUT2D eigenvalue weighted by molar-refractivity contribution is 0.385. The molecule has 3 nitrogen and oxygen atoms in total. The fourth-order valence-corrected chi connectivity index (χ4v) is 2.27. The Morgan fingerprint density at radius 2 is 1.72 bits per heavy atom. The van der Waals surface area contributed by atoms with Crippen molar-refractivity contribution in [2.24, 2.45) is 11.1 Å². The van der Waals surface area contributed by atoms with Crippen molar-refractivity contribution < 1.29 is 4.74 Å². The van der Waals surface area contributed by atoms with E-state index in [0.717, 1.165) is 12.3 Å². The predicted octanol–water partition coefficient (Wildman–Crippen LogP) is 2.73. The summed E-state index contributed by atoms with van der Waals surface area (Å²) in [4.78, 5) is 2.26. The number of aryl methyl sites for hydroxylation is 2. The minimum atomic E-state index is 0.122. The number of nitrogens with zero attached hydrogens (tertiary/aromatic N) is 1. The van der Waals surface area contributed by atoms with Crippen LogP contribution in [-0.2, 0) is 0 Å². The lowest BCUT2D eigenvalue weighted by Gasteiger charge is -2.31. The molecule has 0 bridgehead atoms. The summed E-state index contributed by atoms with van der Waals surface area (Å²) in [6.07, 6.45) is 0. The Balaban J connectivity index is 2.97. The van der Waals surface area contributed by atoms with Crippen molar-refractivity contribution in [1.82, 2.24) is 0 Å². The average Bonchev–Trinajstić information content (AvgIpc) is 2.28. The maximum absolute atomic E-state index is 5.79. The molecule has 1 rings (SSSR count). The van der Waals surface area contributed by atoms with Crippen LogP contribution in [0.3, 0.4) is 0 Å². The number of nitrogens with two attached hydrogens (primary N) is 1. The van der Waals surface area contributed by atoms with Gasteiger partial charge in [-0.15, -0.1) is 0 Å². The van der Waals surface area contributed by atoms with Crippen LogP contribution in [0.4, 0.5) is 5.69 Å². The molecule has 0 unspecified atom stereocenters. The van der Waals surface area contributed by atoms with Crippen molar-refractivity contribution in [3.8, 4) is 5.75 Å². The van der Waals surface area contributed by atoms with E-state index in [0.29, 0.717) is 6.54 Å². The third-order valence-electron chi connectivity index (χ3n) is 3.31. The highest BCUT2D eigenvalue weighted by Gasteiger charge is 2.19. The molecular weight excluding hydrogens is 224 g/mol. The standard InChI is InChI=1S/C15H26N2O/c1-11-7-13(8-12(2)14(11)18-6)17(5)10-15(3,4)9-16/h7-8H,9-10,16H2,1-6H3. The Bertz CT molecular complexity index is 390. The first kappa shape index (κ1) is 14.8. The first-order valence-corrected chi connectivity index (χ1v) is 6.37. The summed E-state index contributed by atoms with van der Waals surface area (Å²) in [5.41, 5.74) is 9.47. The third kappa shape index (κ3) is 3.39. The van der Waals surface area contributed by atoms with E-state index in [4.69, 9.17) is 10.5 Å². The summed E-state index contributed by atoms with van der Waals surface area (Å²) in [5, 5.41) is 0. The van der Waals surface area contributed by atoms with Gasteiger partial charge in [0.1, 0.15) is 5.75 Å².